The lowest BCUT2D eigenvalue weighted by molar-refractivity contribution is -0.115. The first-order chi connectivity index (χ1) is 11.6. The van der Waals surface area contributed by atoms with Gasteiger partial charge in [-0.2, -0.15) is 0 Å². The highest BCUT2D eigenvalue weighted by atomic mass is 35.5. The number of nitrogens with one attached hydrogen (secondary N) is 1. The molecule has 1 aliphatic rings. The number of halogens is 2. The zero-order chi connectivity index (χ0) is 16.9. The number of rotatable bonds is 5. The molecule has 0 saturated heterocycles. The van der Waals surface area contributed by atoms with Gasteiger partial charge in [-0.3, -0.25) is 4.79 Å². The quantitative estimate of drug-likeness (QED) is 0.806. The van der Waals surface area contributed by atoms with Crippen molar-refractivity contribution in [3.05, 3.63) is 69.8 Å². The number of amides is 1. The molecule has 0 radical (unpaired) electrons. The zero-order valence-corrected chi connectivity index (χ0v) is 14.1. The molecule has 0 unspecified atom stereocenters. The number of nitrogens with zero attached hydrogens (tertiary/aromatic N) is 1. The summed E-state index contributed by atoms with van der Waals surface area (Å²) in [6.07, 6.45) is 2.14. The van der Waals surface area contributed by atoms with E-state index in [1.165, 1.54) is 0 Å². The van der Waals surface area contributed by atoms with E-state index in [-0.39, 0.29) is 5.91 Å². The largest absolute Gasteiger partial charge is 0.493 e. The Morgan fingerprint density at radius 3 is 2.67 bits per heavy atom. The summed E-state index contributed by atoms with van der Waals surface area (Å²) in [5.74, 6) is 1.11. The fraction of sp³-hybridized carbons (Fsp3) is 0.111. The number of aliphatic imine (C=N–C) groups is 1. The second-order valence-electron chi connectivity index (χ2n) is 5.12. The number of amidine groups is 1. The fourth-order valence-corrected chi connectivity index (χ4v) is 2.65. The minimum Gasteiger partial charge on any atom is -0.493 e. The maximum absolute atomic E-state index is 12.0. The fourth-order valence-electron chi connectivity index (χ4n) is 2.18. The summed E-state index contributed by atoms with van der Waals surface area (Å²) in [7, 11) is 0. The molecule has 0 atom stereocenters. The third kappa shape index (κ3) is 4.16. The van der Waals surface area contributed by atoms with E-state index in [2.05, 4.69) is 10.3 Å². The Balaban J connectivity index is 1.65. The monoisotopic (exact) mass is 360 g/mol. The smallest absolute Gasteiger partial charge is 0.275 e. The molecule has 4 nitrogen and oxygen atoms in total. The van der Waals surface area contributed by atoms with Gasteiger partial charge in [-0.15, -0.1) is 0 Å². The van der Waals surface area contributed by atoms with E-state index >= 15 is 0 Å². The lowest BCUT2D eigenvalue weighted by Gasteiger charge is -2.05. The highest BCUT2D eigenvalue weighted by Crippen LogP contribution is 2.24. The maximum Gasteiger partial charge on any atom is 0.275 e. The van der Waals surface area contributed by atoms with Crippen molar-refractivity contribution in [3.8, 4) is 5.75 Å². The Bertz CT molecular complexity index is 817. The number of hydrogen-bond acceptors (Lipinski definition) is 3. The first kappa shape index (κ1) is 16.6. The van der Waals surface area contributed by atoms with Crippen molar-refractivity contribution in [3.63, 3.8) is 0 Å². The highest BCUT2D eigenvalue weighted by molar-refractivity contribution is 6.35. The molecule has 1 heterocycles. The first-order valence-electron chi connectivity index (χ1n) is 7.35. The van der Waals surface area contributed by atoms with Crippen molar-refractivity contribution in [1.29, 1.82) is 0 Å². The lowest BCUT2D eigenvalue weighted by Crippen LogP contribution is -2.25. The average Bonchev–Trinajstić information content (AvgIpc) is 2.91. The Labute approximate surface area is 149 Å². The number of carbonyl (C=O) groups excluding carboxylic acids is 1. The SMILES string of the molecule is O=C1NC(CCOc2ccccc2)=N/C1=C\c1ccc(Cl)cc1Cl. The Kier molecular flexibility index (Phi) is 5.18. The third-order valence-corrected chi connectivity index (χ3v) is 3.91. The van der Waals surface area contributed by atoms with E-state index < -0.39 is 0 Å². The standard InChI is InChI=1S/C18H14Cl2N2O2/c19-13-7-6-12(15(20)11-13)10-16-18(23)22-17(21-16)8-9-24-14-4-2-1-3-5-14/h1-7,10-11H,8-9H2,(H,21,22,23)/b16-10-. The van der Waals surface area contributed by atoms with Gasteiger partial charge in [0.1, 0.15) is 17.3 Å². The van der Waals surface area contributed by atoms with Gasteiger partial charge in [0, 0.05) is 16.5 Å². The van der Waals surface area contributed by atoms with Gasteiger partial charge < -0.3 is 10.1 Å². The number of hydrogen-bond donors (Lipinski definition) is 1. The molecule has 3 rings (SSSR count). The molecule has 2 aromatic carbocycles. The number of carbonyl (C=O) groups is 1. The van der Waals surface area contributed by atoms with Gasteiger partial charge >= 0.3 is 0 Å². The molecule has 1 amide bonds. The summed E-state index contributed by atoms with van der Waals surface area (Å²) in [6, 6.07) is 14.6. The summed E-state index contributed by atoms with van der Waals surface area (Å²) in [5.41, 5.74) is 1.01. The molecule has 0 bridgehead atoms. The van der Waals surface area contributed by atoms with Crippen molar-refractivity contribution < 1.29 is 9.53 Å². The molecule has 1 N–H and O–H groups in total. The van der Waals surface area contributed by atoms with Crippen LogP contribution in [0, 0.1) is 0 Å². The van der Waals surface area contributed by atoms with Crippen molar-refractivity contribution in [2.75, 3.05) is 6.61 Å². The van der Waals surface area contributed by atoms with Crippen LogP contribution in [-0.4, -0.2) is 18.3 Å². The molecule has 0 aromatic heterocycles. The Morgan fingerprint density at radius 1 is 1.12 bits per heavy atom. The van der Waals surface area contributed by atoms with Crippen LogP contribution in [0.2, 0.25) is 10.0 Å². The minimum absolute atomic E-state index is 0.254. The molecule has 6 heteroatoms. The van der Waals surface area contributed by atoms with Gasteiger partial charge in [0.25, 0.3) is 5.91 Å². The van der Waals surface area contributed by atoms with Crippen LogP contribution in [0.4, 0.5) is 0 Å². The van der Waals surface area contributed by atoms with Gasteiger partial charge in [0.15, 0.2) is 0 Å². The highest BCUT2D eigenvalue weighted by Gasteiger charge is 2.20. The Morgan fingerprint density at radius 2 is 1.92 bits per heavy atom. The summed E-state index contributed by atoms with van der Waals surface area (Å²) in [6.45, 7) is 0.429. The molecule has 0 aliphatic carbocycles. The molecule has 24 heavy (non-hydrogen) atoms. The number of ether oxygens (including phenoxy) is 1. The zero-order valence-electron chi connectivity index (χ0n) is 12.6. The number of para-hydroxylation sites is 1. The van der Waals surface area contributed by atoms with Crippen LogP contribution in [0.25, 0.3) is 6.08 Å². The van der Waals surface area contributed by atoms with Crippen molar-refractivity contribution in [2.24, 2.45) is 4.99 Å². The molecule has 1 aliphatic heterocycles. The van der Waals surface area contributed by atoms with Crippen molar-refractivity contribution in [1.82, 2.24) is 5.32 Å². The summed E-state index contributed by atoms with van der Waals surface area (Å²) >= 11 is 12.0. The van der Waals surface area contributed by atoms with Crippen LogP contribution >= 0.6 is 23.2 Å². The van der Waals surface area contributed by atoms with Gasteiger partial charge in [0.05, 0.1) is 6.61 Å². The number of benzene rings is 2. The summed E-state index contributed by atoms with van der Waals surface area (Å²) < 4.78 is 5.60. The van der Waals surface area contributed by atoms with E-state index in [0.29, 0.717) is 40.2 Å². The van der Waals surface area contributed by atoms with E-state index in [0.717, 1.165) is 5.75 Å². The topological polar surface area (TPSA) is 50.7 Å². The maximum atomic E-state index is 12.0. The predicted octanol–water partition coefficient (Wildman–Crippen LogP) is 4.33. The first-order valence-corrected chi connectivity index (χ1v) is 8.11. The van der Waals surface area contributed by atoms with Crippen molar-refractivity contribution >= 4 is 41.0 Å². The lowest BCUT2D eigenvalue weighted by atomic mass is 10.2. The molecular formula is C18H14Cl2N2O2. The van der Waals surface area contributed by atoms with Crippen LogP contribution < -0.4 is 10.1 Å². The van der Waals surface area contributed by atoms with Crippen LogP contribution in [0.3, 0.4) is 0 Å². The molecular weight excluding hydrogens is 347 g/mol. The summed E-state index contributed by atoms with van der Waals surface area (Å²) in [4.78, 5) is 16.3. The second-order valence-corrected chi connectivity index (χ2v) is 5.96. The van der Waals surface area contributed by atoms with Gasteiger partial charge in [0.2, 0.25) is 0 Å². The van der Waals surface area contributed by atoms with E-state index in [1.807, 2.05) is 30.3 Å². The third-order valence-electron chi connectivity index (χ3n) is 3.35. The molecule has 0 fully saturated rings. The van der Waals surface area contributed by atoms with Crippen LogP contribution in [0.15, 0.2) is 59.2 Å². The normalized spacial score (nSPS) is 15.3. The van der Waals surface area contributed by atoms with E-state index in [1.54, 1.807) is 24.3 Å². The molecule has 0 saturated carbocycles. The summed E-state index contributed by atoms with van der Waals surface area (Å²) in [5, 5.41) is 3.75. The van der Waals surface area contributed by atoms with Crippen LogP contribution in [0.5, 0.6) is 5.75 Å². The average molecular weight is 361 g/mol. The van der Waals surface area contributed by atoms with Gasteiger partial charge in [-0.05, 0) is 35.9 Å². The Hall–Kier alpha value is -2.30. The molecule has 122 valence electrons. The minimum atomic E-state index is -0.254. The van der Waals surface area contributed by atoms with E-state index in [4.69, 9.17) is 27.9 Å². The van der Waals surface area contributed by atoms with Crippen LogP contribution in [0.1, 0.15) is 12.0 Å². The van der Waals surface area contributed by atoms with Gasteiger partial charge in [-0.1, -0.05) is 47.5 Å². The molecule has 2 aromatic rings. The predicted molar refractivity (Wildman–Crippen MR) is 96.6 cm³/mol. The molecule has 0 spiro atoms. The van der Waals surface area contributed by atoms with Gasteiger partial charge in [-0.25, -0.2) is 4.99 Å². The second kappa shape index (κ2) is 7.51. The van der Waals surface area contributed by atoms with E-state index in [9.17, 15) is 4.79 Å². The van der Waals surface area contributed by atoms with Crippen molar-refractivity contribution in [2.45, 2.75) is 6.42 Å². The van der Waals surface area contributed by atoms with Crippen LogP contribution in [-0.2, 0) is 4.79 Å².